The molecule has 0 radical (unpaired) electrons. The smallest absolute Gasteiger partial charge is 0.218 e. The number of rotatable bonds is 2. The molecule has 0 aliphatic carbocycles. The number of anilines is 1. The van der Waals surface area contributed by atoms with Crippen LogP contribution in [0.5, 0.6) is 5.88 Å². The number of aromatic nitrogens is 1. The van der Waals surface area contributed by atoms with E-state index in [1.807, 2.05) is 55.5 Å². The van der Waals surface area contributed by atoms with Crippen molar-refractivity contribution in [1.29, 1.82) is 0 Å². The SMILES string of the molecule is Cc1ccc(NC(=S)N=Nc2c(O)[nH]c3ccccc23)cc1. The molecule has 3 rings (SSSR count). The Balaban J connectivity index is 1.79. The number of aromatic amines is 1. The lowest BCUT2D eigenvalue weighted by Gasteiger charge is -2.02. The largest absolute Gasteiger partial charge is 0.493 e. The number of benzene rings is 2. The molecule has 3 N–H and O–H groups in total. The van der Waals surface area contributed by atoms with Gasteiger partial charge in [-0.2, -0.15) is 0 Å². The first-order valence-corrected chi connectivity index (χ1v) is 7.13. The summed E-state index contributed by atoms with van der Waals surface area (Å²) in [6, 6.07) is 15.3. The van der Waals surface area contributed by atoms with E-state index >= 15 is 0 Å². The van der Waals surface area contributed by atoms with Crippen LogP contribution in [0, 0.1) is 6.92 Å². The lowest BCUT2D eigenvalue weighted by atomic mass is 10.2. The molecule has 0 saturated heterocycles. The fraction of sp³-hybridized carbons (Fsp3) is 0.0625. The molecule has 2 aromatic carbocycles. The first kappa shape index (κ1) is 14.2. The molecular formula is C16H14N4OS. The predicted molar refractivity (Wildman–Crippen MR) is 91.9 cm³/mol. The summed E-state index contributed by atoms with van der Waals surface area (Å²) >= 11 is 5.14. The number of H-pyrrole nitrogens is 1. The summed E-state index contributed by atoms with van der Waals surface area (Å²) in [4.78, 5) is 2.84. The third-order valence-corrected chi connectivity index (χ3v) is 3.39. The maximum Gasteiger partial charge on any atom is 0.218 e. The molecule has 0 aliphatic rings. The number of nitrogens with zero attached hydrogens (tertiary/aromatic N) is 2. The van der Waals surface area contributed by atoms with Crippen LogP contribution < -0.4 is 5.32 Å². The predicted octanol–water partition coefficient (Wildman–Crippen LogP) is 4.66. The number of fused-ring (bicyclic) bond motifs is 1. The van der Waals surface area contributed by atoms with Crippen LogP contribution in [0.15, 0.2) is 58.8 Å². The van der Waals surface area contributed by atoms with Crippen molar-refractivity contribution in [1.82, 2.24) is 4.98 Å². The average molecular weight is 310 g/mol. The van der Waals surface area contributed by atoms with Crippen LogP contribution in [0.2, 0.25) is 0 Å². The molecule has 110 valence electrons. The second-order valence-electron chi connectivity index (χ2n) is 4.86. The van der Waals surface area contributed by atoms with Gasteiger partial charge in [0.1, 0.15) is 0 Å². The maximum absolute atomic E-state index is 9.89. The molecule has 0 amide bonds. The number of thiocarbonyl (C=S) groups is 1. The number of para-hydroxylation sites is 1. The summed E-state index contributed by atoms with van der Waals surface area (Å²) in [6.45, 7) is 2.02. The van der Waals surface area contributed by atoms with Gasteiger partial charge < -0.3 is 15.4 Å². The molecule has 0 aliphatic heterocycles. The Bertz CT molecular complexity index is 852. The van der Waals surface area contributed by atoms with Gasteiger partial charge >= 0.3 is 0 Å². The summed E-state index contributed by atoms with van der Waals surface area (Å²) < 4.78 is 0. The molecule has 3 aromatic rings. The minimum Gasteiger partial charge on any atom is -0.493 e. The number of hydrogen-bond donors (Lipinski definition) is 3. The fourth-order valence-corrected chi connectivity index (χ4v) is 2.25. The number of nitrogens with one attached hydrogen (secondary N) is 2. The summed E-state index contributed by atoms with van der Waals surface area (Å²) in [5, 5.41) is 21.9. The Labute approximate surface area is 132 Å². The first-order valence-electron chi connectivity index (χ1n) is 6.72. The van der Waals surface area contributed by atoms with Crippen molar-refractivity contribution in [2.45, 2.75) is 6.92 Å². The minimum atomic E-state index is -0.0249. The maximum atomic E-state index is 9.89. The molecule has 22 heavy (non-hydrogen) atoms. The van der Waals surface area contributed by atoms with Crippen LogP contribution in [0.25, 0.3) is 10.9 Å². The van der Waals surface area contributed by atoms with E-state index < -0.39 is 0 Å². The molecule has 0 spiro atoms. The number of aryl methyl sites for hydroxylation is 1. The summed E-state index contributed by atoms with van der Waals surface area (Å²) in [6.07, 6.45) is 0. The summed E-state index contributed by atoms with van der Waals surface area (Å²) in [5.74, 6) is -0.0249. The Kier molecular flexibility index (Phi) is 3.84. The normalized spacial score (nSPS) is 11.1. The lowest BCUT2D eigenvalue weighted by Crippen LogP contribution is -2.04. The van der Waals surface area contributed by atoms with Crippen molar-refractivity contribution in [3.05, 3.63) is 54.1 Å². The zero-order valence-corrected chi connectivity index (χ0v) is 12.7. The highest BCUT2D eigenvalue weighted by molar-refractivity contribution is 7.80. The van der Waals surface area contributed by atoms with Crippen LogP contribution >= 0.6 is 12.2 Å². The van der Waals surface area contributed by atoms with Crippen molar-refractivity contribution in [3.63, 3.8) is 0 Å². The van der Waals surface area contributed by atoms with E-state index in [0.717, 1.165) is 16.6 Å². The standard InChI is InChI=1S/C16H14N4OS/c1-10-6-8-11(9-7-10)17-16(22)20-19-14-12-4-2-3-5-13(12)18-15(14)21/h2-9,18,21H,1H3,(H,17,22). The minimum absolute atomic E-state index is 0.0249. The van der Waals surface area contributed by atoms with Crippen LogP contribution in [-0.4, -0.2) is 15.2 Å². The van der Waals surface area contributed by atoms with Crippen LogP contribution in [0.4, 0.5) is 11.4 Å². The molecule has 0 atom stereocenters. The van der Waals surface area contributed by atoms with E-state index in [9.17, 15) is 5.11 Å². The van der Waals surface area contributed by atoms with E-state index in [0.29, 0.717) is 5.69 Å². The van der Waals surface area contributed by atoms with E-state index in [1.165, 1.54) is 5.56 Å². The number of hydrogen-bond acceptors (Lipinski definition) is 3. The first-order chi connectivity index (χ1) is 10.6. The highest BCUT2D eigenvalue weighted by atomic mass is 32.1. The third kappa shape index (κ3) is 2.96. The van der Waals surface area contributed by atoms with Crippen molar-refractivity contribution in [3.8, 4) is 5.88 Å². The third-order valence-electron chi connectivity index (χ3n) is 3.20. The van der Waals surface area contributed by atoms with E-state index in [1.54, 1.807) is 0 Å². The molecule has 0 saturated carbocycles. The fourth-order valence-electron chi connectivity index (χ4n) is 2.09. The molecule has 0 fully saturated rings. The molecule has 1 aromatic heterocycles. The van der Waals surface area contributed by atoms with Gasteiger partial charge in [-0.3, -0.25) is 0 Å². The lowest BCUT2D eigenvalue weighted by molar-refractivity contribution is 0.459. The number of azo groups is 1. The topological polar surface area (TPSA) is 72.8 Å². The van der Waals surface area contributed by atoms with Gasteiger partial charge in [0, 0.05) is 11.1 Å². The van der Waals surface area contributed by atoms with Crippen molar-refractivity contribution >= 4 is 39.6 Å². The van der Waals surface area contributed by atoms with Gasteiger partial charge in [-0.05, 0) is 37.3 Å². The van der Waals surface area contributed by atoms with Crippen LogP contribution in [-0.2, 0) is 0 Å². The highest BCUT2D eigenvalue weighted by Gasteiger charge is 2.09. The van der Waals surface area contributed by atoms with Crippen molar-refractivity contribution < 1.29 is 5.11 Å². The quantitative estimate of drug-likeness (QED) is 0.476. The average Bonchev–Trinajstić information content (AvgIpc) is 2.83. The Morgan fingerprint density at radius 2 is 1.86 bits per heavy atom. The van der Waals surface area contributed by atoms with Gasteiger partial charge in [0.05, 0.1) is 5.52 Å². The van der Waals surface area contributed by atoms with Gasteiger partial charge in [-0.25, -0.2) is 0 Å². The summed E-state index contributed by atoms with van der Waals surface area (Å²) in [5.41, 5.74) is 3.19. The monoisotopic (exact) mass is 310 g/mol. The zero-order chi connectivity index (χ0) is 15.5. The molecule has 0 unspecified atom stereocenters. The molecule has 5 nitrogen and oxygen atoms in total. The Morgan fingerprint density at radius 1 is 1.14 bits per heavy atom. The van der Waals surface area contributed by atoms with Gasteiger partial charge in [-0.15, -0.1) is 10.2 Å². The summed E-state index contributed by atoms with van der Waals surface area (Å²) in [7, 11) is 0. The molecule has 6 heteroatoms. The number of aromatic hydroxyl groups is 1. The van der Waals surface area contributed by atoms with Crippen LogP contribution in [0.3, 0.4) is 0 Å². The van der Waals surface area contributed by atoms with E-state index in [4.69, 9.17) is 12.2 Å². The van der Waals surface area contributed by atoms with Gasteiger partial charge in [0.25, 0.3) is 0 Å². The molecular weight excluding hydrogens is 296 g/mol. The van der Waals surface area contributed by atoms with E-state index in [2.05, 4.69) is 20.5 Å². The van der Waals surface area contributed by atoms with Gasteiger partial charge in [0.2, 0.25) is 11.0 Å². The Morgan fingerprint density at radius 3 is 2.64 bits per heavy atom. The van der Waals surface area contributed by atoms with Crippen molar-refractivity contribution in [2.75, 3.05) is 5.32 Å². The van der Waals surface area contributed by atoms with E-state index in [-0.39, 0.29) is 11.0 Å². The molecule has 1 heterocycles. The highest BCUT2D eigenvalue weighted by Crippen LogP contribution is 2.35. The van der Waals surface area contributed by atoms with Crippen molar-refractivity contribution in [2.24, 2.45) is 10.2 Å². The molecule has 0 bridgehead atoms. The Hall–Kier alpha value is -2.73. The van der Waals surface area contributed by atoms with Gasteiger partial charge in [0.15, 0.2) is 5.69 Å². The zero-order valence-electron chi connectivity index (χ0n) is 11.9. The van der Waals surface area contributed by atoms with Crippen LogP contribution in [0.1, 0.15) is 5.56 Å². The van der Waals surface area contributed by atoms with Gasteiger partial charge in [-0.1, -0.05) is 35.9 Å². The second-order valence-corrected chi connectivity index (χ2v) is 5.25. The second kappa shape index (κ2) is 5.95.